The molecule has 7 heteroatoms. The van der Waals surface area contributed by atoms with E-state index in [1.165, 1.54) is 70.0 Å². The summed E-state index contributed by atoms with van der Waals surface area (Å²) in [7, 11) is -1.45. The Bertz CT molecular complexity index is 1630. The Morgan fingerprint density at radius 3 is 2.24 bits per heavy atom. The van der Waals surface area contributed by atoms with E-state index >= 15 is 0 Å². The fraction of sp³-hybridized carbons (Fsp3) is 0.477. The maximum Gasteiger partial charge on any atom is 0.0905 e. The van der Waals surface area contributed by atoms with E-state index in [1.54, 1.807) is 6.07 Å². The van der Waals surface area contributed by atoms with Gasteiger partial charge in [0.05, 0.1) is 12.1 Å². The van der Waals surface area contributed by atoms with Crippen LogP contribution in [0.4, 0.5) is 0 Å². The van der Waals surface area contributed by atoms with E-state index in [4.69, 9.17) is 5.26 Å². The summed E-state index contributed by atoms with van der Waals surface area (Å²) < 4.78 is 6.37. The third-order valence-corrected chi connectivity index (χ3v) is 14.5. The Balaban J connectivity index is 0.00000166. The van der Waals surface area contributed by atoms with Crippen molar-refractivity contribution in [3.63, 3.8) is 0 Å². The average molecular weight is 728 g/mol. The first-order valence-electron chi connectivity index (χ1n) is 18.6. The van der Waals surface area contributed by atoms with Crippen molar-refractivity contribution in [2.45, 2.75) is 121 Å². The van der Waals surface area contributed by atoms with E-state index in [9.17, 15) is 0 Å². The third-order valence-electron chi connectivity index (χ3n) is 10.8. The predicted molar refractivity (Wildman–Crippen MR) is 230 cm³/mol. The van der Waals surface area contributed by atoms with E-state index in [0.717, 1.165) is 43.8 Å². The Hall–Kier alpha value is -3.15. The van der Waals surface area contributed by atoms with E-state index in [1.807, 2.05) is 18.1 Å². The second-order valence-electron chi connectivity index (χ2n) is 14.4. The van der Waals surface area contributed by atoms with Crippen LogP contribution >= 0.6 is 21.3 Å². The van der Waals surface area contributed by atoms with Gasteiger partial charge >= 0.3 is 0 Å². The molecule has 4 rings (SSSR count). The second-order valence-corrected chi connectivity index (χ2v) is 18.1. The first-order valence-corrected chi connectivity index (χ1v) is 21.5. The summed E-state index contributed by atoms with van der Waals surface area (Å²) in [5.74, 6) is 10.8. The van der Waals surface area contributed by atoms with Gasteiger partial charge in [0.15, 0.2) is 0 Å². The highest BCUT2D eigenvalue weighted by Crippen LogP contribution is 2.37. The van der Waals surface area contributed by atoms with Crippen LogP contribution in [0.15, 0.2) is 91.2 Å². The number of likely N-dealkylation sites (N-methyl/N-ethyl adjacent to an activating group) is 1. The van der Waals surface area contributed by atoms with Crippen molar-refractivity contribution in [3.05, 3.63) is 114 Å². The highest BCUT2D eigenvalue weighted by Gasteiger charge is 2.36. The molecule has 1 saturated carbocycles. The van der Waals surface area contributed by atoms with Crippen molar-refractivity contribution in [3.8, 4) is 6.07 Å². The van der Waals surface area contributed by atoms with Crippen LogP contribution in [-0.4, -0.2) is 58.2 Å². The van der Waals surface area contributed by atoms with Crippen molar-refractivity contribution in [2.75, 3.05) is 13.1 Å². The number of hydrogen-bond acceptors (Lipinski definition) is 6. The normalized spacial score (nSPS) is 20.9. The fourth-order valence-electron chi connectivity index (χ4n) is 7.81. The number of aryl methyl sites for hydroxylation is 2. The van der Waals surface area contributed by atoms with Gasteiger partial charge < -0.3 is 10.2 Å². The molecule has 2 aromatic rings. The first-order chi connectivity index (χ1) is 24.3. The number of hydrogen-bond donors (Lipinski definition) is 2. The molecule has 1 aliphatic carbocycles. The monoisotopic (exact) mass is 727 g/mol. The Kier molecular flexibility index (Phi) is 16.7. The average Bonchev–Trinajstić information content (AvgIpc) is 3.54. The van der Waals surface area contributed by atoms with Gasteiger partial charge in [-0.25, -0.2) is 0 Å². The molecule has 3 atom stereocenters. The molecule has 5 nitrogen and oxygen atoms in total. The molecule has 2 aromatic carbocycles. The molecule has 0 spiro atoms. The molecule has 2 aliphatic rings. The van der Waals surface area contributed by atoms with Crippen LogP contribution in [0.2, 0.25) is 0 Å². The van der Waals surface area contributed by atoms with E-state index in [0.29, 0.717) is 18.0 Å². The van der Waals surface area contributed by atoms with E-state index in [2.05, 4.69) is 135 Å². The Labute approximate surface area is 316 Å². The summed E-state index contributed by atoms with van der Waals surface area (Å²) in [6.07, 6.45) is 11.2. The quantitative estimate of drug-likeness (QED) is 0.0777. The van der Waals surface area contributed by atoms with Gasteiger partial charge in [0.1, 0.15) is 0 Å². The lowest BCUT2D eigenvalue weighted by Gasteiger charge is -2.39. The molecule has 0 amide bonds. The second kappa shape index (κ2) is 20.2. The molecular formula is C44H65N5S2. The van der Waals surface area contributed by atoms with Gasteiger partial charge in [0.25, 0.3) is 0 Å². The molecule has 278 valence electrons. The summed E-state index contributed by atoms with van der Waals surface area (Å²) in [5, 5.41) is 11.4. The maximum atomic E-state index is 7.51. The summed E-state index contributed by atoms with van der Waals surface area (Å²) in [6, 6.07) is 16.1. The minimum Gasteiger partial charge on any atom is -0.380 e. The lowest BCUT2D eigenvalue weighted by atomic mass is 9.79. The molecule has 0 aromatic heterocycles. The van der Waals surface area contributed by atoms with Crippen LogP contribution in [0, 0.1) is 38.0 Å². The minimum absolute atomic E-state index is 0.231. The molecular weight excluding hydrogens is 663 g/mol. The van der Waals surface area contributed by atoms with Gasteiger partial charge in [-0.3, -0.25) is 9.03 Å². The van der Waals surface area contributed by atoms with Gasteiger partial charge in [0, 0.05) is 53.6 Å². The molecule has 1 aliphatic heterocycles. The van der Waals surface area contributed by atoms with Crippen molar-refractivity contribution in [1.29, 1.82) is 5.26 Å². The van der Waals surface area contributed by atoms with Gasteiger partial charge in [-0.15, -0.1) is 0 Å². The molecule has 1 heterocycles. The van der Waals surface area contributed by atoms with Crippen LogP contribution in [0.5, 0.6) is 0 Å². The molecule has 1 saturated heterocycles. The van der Waals surface area contributed by atoms with E-state index in [-0.39, 0.29) is 12.1 Å². The highest BCUT2D eigenvalue weighted by atomic mass is 32.2. The summed E-state index contributed by atoms with van der Waals surface area (Å²) in [6.45, 7) is 31.8. The Morgan fingerprint density at radius 2 is 1.69 bits per heavy atom. The number of nitrogens with one attached hydrogen (secondary N) is 2. The van der Waals surface area contributed by atoms with Gasteiger partial charge in [0.2, 0.25) is 0 Å². The molecule has 2 fully saturated rings. The highest BCUT2D eigenvalue weighted by molar-refractivity contribution is 8.25. The molecule has 0 bridgehead atoms. The van der Waals surface area contributed by atoms with E-state index < -0.39 is 9.39 Å². The number of benzene rings is 2. The molecule has 3 unspecified atom stereocenters. The van der Waals surface area contributed by atoms with Crippen LogP contribution in [0.3, 0.4) is 0 Å². The molecule has 0 radical (unpaired) electrons. The van der Waals surface area contributed by atoms with Gasteiger partial charge in [-0.1, -0.05) is 93.9 Å². The molecule has 2 N–H and O–H groups in total. The summed E-state index contributed by atoms with van der Waals surface area (Å²) in [5.41, 5.74) is 9.33. The smallest absolute Gasteiger partial charge is 0.0905 e. The van der Waals surface area contributed by atoms with Crippen molar-refractivity contribution in [2.24, 2.45) is 5.92 Å². The predicted octanol–water partition coefficient (Wildman–Crippen LogP) is 10.2. The maximum absolute atomic E-state index is 7.51. The van der Waals surface area contributed by atoms with Crippen molar-refractivity contribution < 1.29 is 0 Å². The number of nitrogens with zero attached hydrogens (tertiary/aromatic N) is 3. The van der Waals surface area contributed by atoms with Crippen LogP contribution in [0.25, 0.3) is 0 Å². The van der Waals surface area contributed by atoms with Crippen molar-refractivity contribution in [1.82, 2.24) is 19.2 Å². The number of likely N-dealkylation sites (tertiary alicyclic amines) is 1. The summed E-state index contributed by atoms with van der Waals surface area (Å²) in [4.78, 5) is 3.85. The fourth-order valence-corrected chi connectivity index (χ4v) is 10.9. The number of allylic oxidation sites excluding steroid dienone is 1. The third kappa shape index (κ3) is 11.4. The summed E-state index contributed by atoms with van der Waals surface area (Å²) >= 11 is 1.85. The zero-order valence-electron chi connectivity index (χ0n) is 32.5. The molecule has 51 heavy (non-hydrogen) atoms. The SMILES string of the molecule is C=CC#N.C=CN1C(CN(CC)S(=C)(=C)Cc2ccccc2)CCC1C(=C)NC(C(=C)C)C1CCC(NSc2c(C)cc(CC)c(C)c2C)CC1. The van der Waals surface area contributed by atoms with Crippen LogP contribution in [0.1, 0.15) is 87.1 Å². The van der Waals surface area contributed by atoms with Crippen molar-refractivity contribution >= 4 is 33.1 Å². The lowest BCUT2D eigenvalue weighted by molar-refractivity contribution is 0.243. The van der Waals surface area contributed by atoms with Crippen LogP contribution < -0.4 is 10.0 Å². The number of rotatable bonds is 16. The number of nitriles is 1. The lowest BCUT2D eigenvalue weighted by Crippen LogP contribution is -2.46. The largest absolute Gasteiger partial charge is 0.380 e. The van der Waals surface area contributed by atoms with Gasteiger partial charge in [-0.05, 0) is 125 Å². The van der Waals surface area contributed by atoms with Gasteiger partial charge in [-0.2, -0.15) is 14.7 Å². The Morgan fingerprint density at radius 1 is 1.04 bits per heavy atom. The minimum atomic E-state index is -1.45. The zero-order valence-corrected chi connectivity index (χ0v) is 34.1. The van der Waals surface area contributed by atoms with Crippen LogP contribution in [-0.2, 0) is 12.2 Å². The topological polar surface area (TPSA) is 54.3 Å². The first kappa shape index (κ1) is 42.3. The standard InChI is InChI=1S/C41H62N4S2.C3H3N/c1-12-35-26-30(6)41(32(8)31(35)7)46-43-37-22-20-36(21-23-37)40(29(4)5)42-33(9)39-25-24-38(45(39)14-3)27-44(13-2)47(10,11)28-34-18-16-15-17-19-34;1-2-3-4/h14-19,26,36-40,42-43H,3-4,9-13,20-25,27-28H2,1-2,5-8H3;2H,1H2. The zero-order chi connectivity index (χ0) is 37.7.